The topological polar surface area (TPSA) is 92.8 Å². The summed E-state index contributed by atoms with van der Waals surface area (Å²) in [5.74, 6) is -2.74. The van der Waals surface area contributed by atoms with Gasteiger partial charge < -0.3 is 9.64 Å². The number of carbonyl (C=O) groups is 2. The number of esters is 1. The van der Waals surface area contributed by atoms with Crippen molar-refractivity contribution in [2.75, 3.05) is 12.9 Å². The maximum atomic E-state index is 14.3. The molecule has 2 aromatic rings. The van der Waals surface area contributed by atoms with Crippen LogP contribution >= 0.6 is 23.2 Å². The van der Waals surface area contributed by atoms with Crippen molar-refractivity contribution in [3.05, 3.63) is 69.0 Å². The average Bonchev–Trinajstić information content (AvgIpc) is 2.79. The van der Waals surface area contributed by atoms with E-state index in [-0.39, 0.29) is 17.2 Å². The zero-order valence-electron chi connectivity index (χ0n) is 19.8. The fraction of sp³-hybridized carbons (Fsp3) is 0.440. The zero-order valence-corrected chi connectivity index (χ0v) is 22.2. The summed E-state index contributed by atoms with van der Waals surface area (Å²) in [6, 6.07) is 6.39. The van der Waals surface area contributed by atoms with E-state index < -0.39 is 51.8 Å². The van der Waals surface area contributed by atoms with Gasteiger partial charge in [0.15, 0.2) is 0 Å². The van der Waals surface area contributed by atoms with E-state index in [9.17, 15) is 22.4 Å². The summed E-state index contributed by atoms with van der Waals surface area (Å²) in [6.07, 6.45) is 3.57. The molecule has 11 heteroatoms. The Morgan fingerprint density at radius 2 is 1.83 bits per heavy atom. The standard InChI is InChI=1S/C25H27Cl2FN2O5S/c1-3-35-25(32)22-16-11-9-15(28)13-18(16)24(31)30(23(22)17-10-8-14(26)12-19(17)27)21-7-5-4-6-20(21)29-36(2,33)34/h8-13,20-23,29H,3-7H2,1-2H3/t20-,21-,22+,23-/m0/s1. The van der Waals surface area contributed by atoms with Crippen molar-refractivity contribution < 1.29 is 27.1 Å². The highest BCUT2D eigenvalue weighted by Gasteiger charge is 2.50. The van der Waals surface area contributed by atoms with E-state index in [0.29, 0.717) is 29.0 Å². The fourth-order valence-electron chi connectivity index (χ4n) is 5.35. The number of hydrogen-bond acceptors (Lipinski definition) is 5. The Kier molecular flexibility index (Phi) is 7.95. The molecule has 1 amide bonds. The Balaban J connectivity index is 1.96. The van der Waals surface area contributed by atoms with Gasteiger partial charge in [-0.2, -0.15) is 0 Å². The summed E-state index contributed by atoms with van der Waals surface area (Å²) in [5.41, 5.74) is 0.833. The van der Waals surface area contributed by atoms with Gasteiger partial charge in [-0.25, -0.2) is 17.5 Å². The Bertz CT molecular complexity index is 1290. The van der Waals surface area contributed by atoms with Gasteiger partial charge in [0.1, 0.15) is 11.7 Å². The van der Waals surface area contributed by atoms with Gasteiger partial charge in [0, 0.05) is 27.7 Å². The largest absolute Gasteiger partial charge is 0.465 e. The molecule has 0 unspecified atom stereocenters. The van der Waals surface area contributed by atoms with E-state index in [1.807, 2.05) is 0 Å². The van der Waals surface area contributed by atoms with Crippen LogP contribution in [0.1, 0.15) is 66.1 Å². The lowest BCUT2D eigenvalue weighted by Gasteiger charge is -2.49. The van der Waals surface area contributed by atoms with Crippen LogP contribution in [0.3, 0.4) is 0 Å². The number of nitrogens with zero attached hydrogens (tertiary/aromatic N) is 1. The number of amides is 1. The number of nitrogens with one attached hydrogen (secondary N) is 1. The monoisotopic (exact) mass is 556 g/mol. The third kappa shape index (κ3) is 5.39. The third-order valence-electron chi connectivity index (χ3n) is 6.70. The third-order valence-corrected chi connectivity index (χ3v) is 8.00. The van der Waals surface area contributed by atoms with Crippen molar-refractivity contribution in [1.29, 1.82) is 0 Å². The second-order valence-electron chi connectivity index (χ2n) is 9.13. The molecule has 194 valence electrons. The van der Waals surface area contributed by atoms with E-state index in [1.54, 1.807) is 19.1 Å². The van der Waals surface area contributed by atoms with Crippen LogP contribution in [-0.2, 0) is 19.6 Å². The van der Waals surface area contributed by atoms with Crippen LogP contribution < -0.4 is 4.72 Å². The van der Waals surface area contributed by atoms with Crippen molar-refractivity contribution in [2.24, 2.45) is 0 Å². The van der Waals surface area contributed by atoms with Crippen molar-refractivity contribution >= 4 is 45.1 Å². The maximum Gasteiger partial charge on any atom is 0.315 e. The number of halogens is 3. The fourth-order valence-corrected chi connectivity index (χ4v) is 6.70. The minimum Gasteiger partial charge on any atom is -0.465 e. The molecule has 36 heavy (non-hydrogen) atoms. The van der Waals surface area contributed by atoms with Gasteiger partial charge in [-0.15, -0.1) is 0 Å². The summed E-state index contributed by atoms with van der Waals surface area (Å²) in [5, 5.41) is 0.621. The van der Waals surface area contributed by atoms with Crippen LogP contribution in [0.15, 0.2) is 36.4 Å². The van der Waals surface area contributed by atoms with Gasteiger partial charge in [0.25, 0.3) is 5.91 Å². The first-order valence-electron chi connectivity index (χ1n) is 11.7. The molecule has 0 spiro atoms. The second-order valence-corrected chi connectivity index (χ2v) is 11.8. The van der Waals surface area contributed by atoms with E-state index in [0.717, 1.165) is 25.2 Å². The summed E-state index contributed by atoms with van der Waals surface area (Å²) >= 11 is 12.7. The van der Waals surface area contributed by atoms with Crippen molar-refractivity contribution in [3.63, 3.8) is 0 Å². The van der Waals surface area contributed by atoms with E-state index in [1.165, 1.54) is 23.1 Å². The van der Waals surface area contributed by atoms with Crippen LogP contribution in [-0.4, -0.2) is 50.1 Å². The molecule has 1 aliphatic heterocycles. The summed E-state index contributed by atoms with van der Waals surface area (Å²) in [7, 11) is -3.60. The quantitative estimate of drug-likeness (QED) is 0.514. The van der Waals surface area contributed by atoms with E-state index in [4.69, 9.17) is 27.9 Å². The van der Waals surface area contributed by atoms with Crippen LogP contribution in [0.25, 0.3) is 0 Å². The number of rotatable bonds is 6. The van der Waals surface area contributed by atoms with Gasteiger partial charge in [-0.05, 0) is 55.2 Å². The lowest BCUT2D eigenvalue weighted by atomic mass is 9.77. The molecule has 1 aliphatic carbocycles. The molecule has 1 N–H and O–H groups in total. The molecule has 0 saturated heterocycles. The van der Waals surface area contributed by atoms with Crippen molar-refractivity contribution in [1.82, 2.24) is 9.62 Å². The normalized spacial score (nSPS) is 24.4. The highest BCUT2D eigenvalue weighted by molar-refractivity contribution is 7.88. The van der Waals surface area contributed by atoms with Gasteiger partial charge in [0.05, 0.1) is 18.9 Å². The highest BCUT2D eigenvalue weighted by atomic mass is 35.5. The number of fused-ring (bicyclic) bond motifs is 1. The molecule has 1 heterocycles. The van der Waals surface area contributed by atoms with Crippen LogP contribution in [0, 0.1) is 5.82 Å². The molecule has 1 fully saturated rings. The van der Waals surface area contributed by atoms with Crippen LogP contribution in [0.5, 0.6) is 0 Å². The van der Waals surface area contributed by atoms with Gasteiger partial charge in [-0.1, -0.05) is 48.2 Å². The molecule has 7 nitrogen and oxygen atoms in total. The first-order valence-corrected chi connectivity index (χ1v) is 14.4. The van der Waals surface area contributed by atoms with Crippen molar-refractivity contribution in [3.8, 4) is 0 Å². The number of benzene rings is 2. The summed E-state index contributed by atoms with van der Waals surface area (Å²) < 4.78 is 46.8. The molecule has 4 atom stereocenters. The molecule has 0 aromatic heterocycles. The van der Waals surface area contributed by atoms with Gasteiger partial charge in [0.2, 0.25) is 10.0 Å². The number of hydrogen-bond donors (Lipinski definition) is 1. The molecular weight excluding hydrogens is 530 g/mol. The molecule has 1 saturated carbocycles. The number of ether oxygens (including phenoxy) is 1. The van der Waals surface area contributed by atoms with Crippen LogP contribution in [0.2, 0.25) is 10.0 Å². The van der Waals surface area contributed by atoms with Gasteiger partial charge >= 0.3 is 5.97 Å². The molecular formula is C25H27Cl2FN2O5S. The SMILES string of the molecule is CCOC(=O)[C@@H]1c2ccc(F)cc2C(=O)N([C@H]2CCCC[C@@H]2NS(C)(=O)=O)[C@H]1c1ccc(Cl)cc1Cl. The Hall–Kier alpha value is -2.20. The lowest BCUT2D eigenvalue weighted by Crippen LogP contribution is -2.58. The first-order chi connectivity index (χ1) is 17.0. The predicted molar refractivity (Wildman–Crippen MR) is 135 cm³/mol. The lowest BCUT2D eigenvalue weighted by molar-refractivity contribution is -0.147. The zero-order chi connectivity index (χ0) is 26.2. The maximum absolute atomic E-state index is 14.3. The summed E-state index contributed by atoms with van der Waals surface area (Å²) in [6.45, 7) is 1.77. The van der Waals surface area contributed by atoms with Crippen molar-refractivity contribution in [2.45, 2.75) is 56.7 Å². The number of sulfonamides is 1. The molecule has 2 aromatic carbocycles. The molecule has 2 aliphatic rings. The average molecular weight is 557 g/mol. The van der Waals surface area contributed by atoms with Gasteiger partial charge in [-0.3, -0.25) is 9.59 Å². The Morgan fingerprint density at radius 3 is 2.50 bits per heavy atom. The minimum absolute atomic E-state index is 0.0399. The second kappa shape index (κ2) is 10.7. The Labute approximate surface area is 220 Å². The summed E-state index contributed by atoms with van der Waals surface area (Å²) in [4.78, 5) is 28.9. The molecule has 4 rings (SSSR count). The van der Waals surface area contributed by atoms with Crippen LogP contribution in [0.4, 0.5) is 4.39 Å². The minimum atomic E-state index is -3.60. The van der Waals surface area contributed by atoms with E-state index >= 15 is 0 Å². The number of carbonyl (C=O) groups excluding carboxylic acids is 2. The predicted octanol–water partition coefficient (Wildman–Crippen LogP) is 4.84. The molecule has 0 bridgehead atoms. The molecule has 0 radical (unpaired) electrons. The first kappa shape index (κ1) is 26.9. The van der Waals surface area contributed by atoms with E-state index in [2.05, 4.69) is 4.72 Å². The highest BCUT2D eigenvalue weighted by Crippen LogP contribution is 2.48. The Morgan fingerprint density at radius 1 is 1.14 bits per heavy atom. The smallest absolute Gasteiger partial charge is 0.315 e.